The van der Waals surface area contributed by atoms with Crippen molar-refractivity contribution in [1.29, 1.82) is 5.26 Å². The molecule has 4 rings (SSSR count). The van der Waals surface area contributed by atoms with Crippen LogP contribution in [0.1, 0.15) is 64.1 Å². The van der Waals surface area contributed by atoms with Gasteiger partial charge in [-0.1, -0.05) is 24.0 Å². The highest BCUT2D eigenvalue weighted by molar-refractivity contribution is 7.91. The minimum absolute atomic E-state index is 0.166. The van der Waals surface area contributed by atoms with Gasteiger partial charge in [0, 0.05) is 26.3 Å². The molecule has 0 fully saturated rings. The van der Waals surface area contributed by atoms with Gasteiger partial charge in [0.05, 0.1) is 40.9 Å². The van der Waals surface area contributed by atoms with E-state index in [0.717, 1.165) is 17.1 Å². The van der Waals surface area contributed by atoms with Crippen molar-refractivity contribution >= 4 is 53.2 Å². The Morgan fingerprint density at radius 3 is 2.41 bits per heavy atom. The summed E-state index contributed by atoms with van der Waals surface area (Å²) in [5.41, 5.74) is 3.32. The maximum absolute atomic E-state index is 13.8. The summed E-state index contributed by atoms with van der Waals surface area (Å²) in [5, 5.41) is 10.3. The van der Waals surface area contributed by atoms with Crippen LogP contribution in [0.15, 0.2) is 40.9 Å². The molecular weight excluding hydrogens is 619 g/mol. The normalized spacial score (nSPS) is 13.7. The number of aromatic nitrogens is 3. The first-order valence-electron chi connectivity index (χ1n) is 15.3. The number of nitriles is 1. The van der Waals surface area contributed by atoms with Crippen LogP contribution in [0.25, 0.3) is 21.9 Å². The maximum Gasteiger partial charge on any atom is 0.419 e. The van der Waals surface area contributed by atoms with Crippen molar-refractivity contribution in [3.05, 3.63) is 59.0 Å². The number of fused-ring (bicyclic) bond motifs is 2. The molecule has 2 heterocycles. The molecule has 0 bridgehead atoms. The van der Waals surface area contributed by atoms with E-state index in [9.17, 15) is 14.6 Å². The van der Waals surface area contributed by atoms with Crippen LogP contribution in [0.5, 0.6) is 5.75 Å². The molecule has 0 saturated heterocycles. The van der Waals surface area contributed by atoms with Gasteiger partial charge in [-0.3, -0.25) is 9.13 Å². The Hall–Kier alpha value is -3.63. The van der Waals surface area contributed by atoms with Crippen LogP contribution in [-0.2, 0) is 27.6 Å². The summed E-state index contributed by atoms with van der Waals surface area (Å²) in [6.45, 7) is 20.5. The van der Waals surface area contributed by atoms with E-state index in [4.69, 9.17) is 23.6 Å². The predicted molar refractivity (Wildman–Crippen MR) is 187 cm³/mol. The molecule has 1 atom stereocenters. The second-order valence-corrected chi connectivity index (χ2v) is 22.1. The fraction of sp³-hybridized carbons (Fsp3) is 0.471. The average Bonchev–Trinajstić information content (AvgIpc) is 3.54. The van der Waals surface area contributed by atoms with E-state index in [1.54, 1.807) is 25.4 Å². The first kappa shape index (κ1) is 35.2. The zero-order valence-corrected chi connectivity index (χ0v) is 30.6. The molecule has 0 radical (unpaired) electrons. The molecule has 0 aliphatic carbocycles. The summed E-state index contributed by atoms with van der Waals surface area (Å²) in [6, 6.07) is 12.1. The minimum atomic E-state index is -1.70. The van der Waals surface area contributed by atoms with Gasteiger partial charge < -0.3 is 18.8 Å². The lowest BCUT2D eigenvalue weighted by Crippen LogP contribution is -2.28. The Kier molecular flexibility index (Phi) is 10.1. The van der Waals surface area contributed by atoms with Crippen molar-refractivity contribution < 1.29 is 23.6 Å². The van der Waals surface area contributed by atoms with Crippen LogP contribution in [-0.4, -0.2) is 62.6 Å². The van der Waals surface area contributed by atoms with E-state index in [-0.39, 0.29) is 6.73 Å². The van der Waals surface area contributed by atoms with Gasteiger partial charge in [-0.2, -0.15) is 5.26 Å². The average molecular weight is 664 g/mol. The van der Waals surface area contributed by atoms with Crippen LogP contribution in [0.4, 0.5) is 4.79 Å². The fourth-order valence-corrected chi connectivity index (χ4v) is 6.21. The number of rotatable bonds is 9. The van der Waals surface area contributed by atoms with Gasteiger partial charge in [-0.05, 0) is 90.4 Å². The Labute approximate surface area is 275 Å². The predicted octanol–water partition coefficient (Wildman–Crippen LogP) is 7.57. The SMILES string of the molecule is COc1cc(C)c2c(ccn2C(=O)OC(C)(C)C)c1C(=N[S+]([O-])C(C)(C)C)c1nc2cc(C#N)ccc2n1COCC[Si](C)(C)C. The first-order valence-corrected chi connectivity index (χ1v) is 20.1. The molecule has 0 aliphatic rings. The lowest BCUT2D eigenvalue weighted by atomic mass is 10.0. The number of carbonyl (C=O) groups excluding carboxylic acids is 1. The summed E-state index contributed by atoms with van der Waals surface area (Å²) in [7, 11) is 0.211. The summed E-state index contributed by atoms with van der Waals surface area (Å²) in [5.74, 6) is 0.886. The molecule has 2 aromatic heterocycles. The molecule has 10 nitrogen and oxygen atoms in total. The molecule has 0 N–H and O–H groups in total. The monoisotopic (exact) mass is 663 g/mol. The van der Waals surface area contributed by atoms with Crippen LogP contribution >= 0.6 is 0 Å². The molecule has 0 aliphatic heterocycles. The second kappa shape index (κ2) is 13.2. The summed E-state index contributed by atoms with van der Waals surface area (Å²) in [6.07, 6.45) is 1.14. The number of aryl methyl sites for hydroxylation is 1. The molecule has 2 aromatic carbocycles. The molecule has 4 aromatic rings. The third kappa shape index (κ3) is 7.83. The number of imidazole rings is 1. The van der Waals surface area contributed by atoms with Gasteiger partial charge in [0.15, 0.2) is 11.5 Å². The zero-order valence-electron chi connectivity index (χ0n) is 28.8. The number of carbonyl (C=O) groups is 1. The highest BCUT2D eigenvalue weighted by atomic mass is 32.2. The first-order chi connectivity index (χ1) is 21.3. The van der Waals surface area contributed by atoms with E-state index < -0.39 is 35.9 Å². The van der Waals surface area contributed by atoms with Gasteiger partial charge in [0.2, 0.25) is 0 Å². The van der Waals surface area contributed by atoms with Crippen LogP contribution < -0.4 is 4.74 Å². The Morgan fingerprint density at radius 2 is 1.83 bits per heavy atom. The smallest absolute Gasteiger partial charge is 0.419 e. The van der Waals surface area contributed by atoms with Gasteiger partial charge in [-0.25, -0.2) is 9.78 Å². The van der Waals surface area contributed by atoms with Crippen LogP contribution in [0.3, 0.4) is 0 Å². The number of ether oxygens (including phenoxy) is 3. The van der Waals surface area contributed by atoms with Gasteiger partial charge in [0.1, 0.15) is 34.2 Å². The van der Waals surface area contributed by atoms with Gasteiger partial charge in [0.25, 0.3) is 0 Å². The number of hydrogen-bond donors (Lipinski definition) is 0. The lowest BCUT2D eigenvalue weighted by molar-refractivity contribution is 0.0544. The molecule has 246 valence electrons. The summed E-state index contributed by atoms with van der Waals surface area (Å²) >= 11 is -1.70. The summed E-state index contributed by atoms with van der Waals surface area (Å²) in [4.78, 5) is 18.3. The fourth-order valence-electron chi connectivity index (χ4n) is 4.84. The molecule has 1 unspecified atom stereocenters. The van der Waals surface area contributed by atoms with Gasteiger partial charge in [-0.15, -0.1) is 0 Å². The van der Waals surface area contributed by atoms with Crippen molar-refractivity contribution in [2.75, 3.05) is 13.7 Å². The van der Waals surface area contributed by atoms with Crippen LogP contribution in [0.2, 0.25) is 25.7 Å². The quantitative estimate of drug-likeness (QED) is 0.0782. The third-order valence-electron chi connectivity index (χ3n) is 7.17. The highest BCUT2D eigenvalue weighted by Crippen LogP contribution is 2.36. The minimum Gasteiger partial charge on any atom is -0.591 e. The third-order valence-corrected chi connectivity index (χ3v) is 10.3. The van der Waals surface area contributed by atoms with Crippen molar-refractivity contribution in [2.45, 2.75) is 91.2 Å². The number of nitrogens with zero attached hydrogens (tertiary/aromatic N) is 5. The van der Waals surface area contributed by atoms with E-state index >= 15 is 0 Å². The topological polar surface area (TPSA) is 127 Å². The Bertz CT molecular complexity index is 1830. The van der Waals surface area contributed by atoms with Crippen molar-refractivity contribution in [2.24, 2.45) is 4.40 Å². The highest BCUT2D eigenvalue weighted by Gasteiger charge is 2.33. The Balaban J connectivity index is 2.04. The molecular formula is C34H45N5O5SSi. The van der Waals surface area contributed by atoms with Crippen molar-refractivity contribution in [3.63, 3.8) is 0 Å². The number of hydrogen-bond acceptors (Lipinski definition) is 8. The Morgan fingerprint density at radius 1 is 1.13 bits per heavy atom. The van der Waals surface area contributed by atoms with Crippen molar-refractivity contribution in [3.8, 4) is 11.8 Å². The summed E-state index contributed by atoms with van der Waals surface area (Å²) < 4.78 is 39.2. The largest absolute Gasteiger partial charge is 0.591 e. The van der Waals surface area contributed by atoms with Gasteiger partial charge >= 0.3 is 6.09 Å². The van der Waals surface area contributed by atoms with Crippen molar-refractivity contribution in [1.82, 2.24) is 14.1 Å². The lowest BCUT2D eigenvalue weighted by Gasteiger charge is -2.22. The number of methoxy groups -OCH3 is 1. The second-order valence-electron chi connectivity index (χ2n) is 14.5. The van der Waals surface area contributed by atoms with E-state index in [0.29, 0.717) is 51.4 Å². The molecule has 0 amide bonds. The number of benzene rings is 2. The zero-order chi connectivity index (χ0) is 34.2. The van der Waals surface area contributed by atoms with E-state index in [2.05, 4.69) is 25.7 Å². The molecule has 46 heavy (non-hydrogen) atoms. The van der Waals surface area contributed by atoms with Crippen LogP contribution in [0, 0.1) is 18.3 Å². The molecule has 0 saturated carbocycles. The molecule has 12 heteroatoms. The van der Waals surface area contributed by atoms with E-state index in [1.807, 2.05) is 71.2 Å². The molecule has 0 spiro atoms. The van der Waals surface area contributed by atoms with E-state index in [1.165, 1.54) is 4.57 Å². The maximum atomic E-state index is 13.8. The standard InChI is InChI=1S/C34H45N5O5SSi/c1-22-18-27(42-8)28(24-14-15-38(30(22)24)32(40)44-33(2,3)4)29(37-45(41)34(5,6)7)31-36-25-19-23(20-35)12-13-26(25)39(31)21-43-16-17-46(9,10)11/h12-15,18-19H,16-17,21H2,1-11H3.